The van der Waals surface area contributed by atoms with Gasteiger partial charge in [0.2, 0.25) is 0 Å². The van der Waals surface area contributed by atoms with Gasteiger partial charge >= 0.3 is 36.5 Å². The van der Waals surface area contributed by atoms with Crippen molar-refractivity contribution in [2.24, 2.45) is 0 Å². The molecule has 5 aromatic carbocycles. The maximum Gasteiger partial charge on any atom is 0.420 e. The number of ether oxygens (including phenoxy) is 1. The van der Waals surface area contributed by atoms with Crippen molar-refractivity contribution < 1.29 is 49.5 Å². The Bertz CT molecular complexity index is 3520. The molecule has 0 spiro atoms. The molecule has 3 amide bonds. The van der Waals surface area contributed by atoms with Gasteiger partial charge in [0.15, 0.2) is 22.8 Å². The number of nitrogens with zero attached hydrogens (tertiary/aromatic N) is 7. The van der Waals surface area contributed by atoms with Crippen LogP contribution in [0.3, 0.4) is 0 Å². The van der Waals surface area contributed by atoms with Crippen molar-refractivity contribution in [3.05, 3.63) is 163 Å². The lowest BCUT2D eigenvalue weighted by Crippen LogP contribution is -2.48. The largest absolute Gasteiger partial charge is 0.423 e. The number of pyridine rings is 2. The number of carbonyl (C=O) groups excluding carboxylic acids is 2. The highest BCUT2D eigenvalue weighted by molar-refractivity contribution is 7.59. The maximum absolute atomic E-state index is 13.3. The number of aromatic nitrogens is 4. The van der Waals surface area contributed by atoms with E-state index >= 15 is 0 Å². The number of hydrogen-bond donors (Lipinski definition) is 3. The summed E-state index contributed by atoms with van der Waals surface area (Å²) in [7, 11) is 0. The minimum absolute atomic E-state index is 0. The lowest BCUT2D eigenvalue weighted by Gasteiger charge is -2.35. The number of amides is 3. The number of anilines is 6. The third kappa shape index (κ3) is 11.7. The van der Waals surface area contributed by atoms with E-state index in [1.54, 1.807) is 83.8 Å². The topological polar surface area (TPSA) is 167 Å². The number of hydrogen-bond acceptors (Lipinski definition) is 12. The summed E-state index contributed by atoms with van der Waals surface area (Å²) in [5.41, 5.74) is 4.56. The molecule has 13 rings (SSSR count). The molecule has 0 saturated carbocycles. The molecule has 396 valence electrons. The summed E-state index contributed by atoms with van der Waals surface area (Å²) in [6.45, 7) is 3.38. The lowest BCUT2D eigenvalue weighted by atomic mass is 10.1. The molecule has 2 saturated heterocycles. The van der Waals surface area contributed by atoms with Crippen LogP contribution in [0.2, 0.25) is 0 Å². The van der Waals surface area contributed by atoms with E-state index < -0.39 is 35.6 Å². The molecule has 77 heavy (non-hydrogen) atoms. The molecule has 4 bridgehead atoms. The van der Waals surface area contributed by atoms with Crippen molar-refractivity contribution in [1.82, 2.24) is 19.9 Å². The van der Waals surface area contributed by atoms with Gasteiger partial charge in [-0.05, 0) is 97.8 Å². The summed E-state index contributed by atoms with van der Waals surface area (Å²) in [6.07, 6.45) is -7.63. The number of halogens is 6. The Morgan fingerprint density at radius 2 is 1.13 bits per heavy atom. The van der Waals surface area contributed by atoms with Gasteiger partial charge in [0.05, 0.1) is 39.9 Å². The second-order valence-electron chi connectivity index (χ2n) is 17.8. The average molecular weight is 1090 g/mol. The van der Waals surface area contributed by atoms with E-state index in [-0.39, 0.29) is 45.1 Å². The van der Waals surface area contributed by atoms with Crippen molar-refractivity contribution in [3.63, 3.8) is 0 Å². The zero-order valence-corrected chi connectivity index (χ0v) is 42.3. The van der Waals surface area contributed by atoms with Crippen molar-refractivity contribution in [3.8, 4) is 28.3 Å². The Morgan fingerprint density at radius 1 is 0.584 bits per heavy atom. The van der Waals surface area contributed by atoms with Gasteiger partial charge in [0.25, 0.3) is 0 Å². The Hall–Kier alpha value is -8.44. The molecule has 3 N–H and O–H groups in total. The molecule has 4 aliphatic heterocycles. The first-order valence-electron chi connectivity index (χ1n) is 23.7. The molecule has 4 aliphatic rings. The van der Waals surface area contributed by atoms with Crippen LogP contribution in [0.4, 0.5) is 71.0 Å². The molecule has 8 heterocycles. The normalized spacial score (nSPS) is 15.8. The molecular weight excluding hydrogens is 1050 g/mol. The van der Waals surface area contributed by atoms with Crippen molar-refractivity contribution in [2.45, 2.75) is 37.3 Å². The van der Waals surface area contributed by atoms with Crippen LogP contribution in [0.5, 0.6) is 5.75 Å². The molecule has 9 aromatic rings. The highest BCUT2D eigenvalue weighted by atomic mass is 32.1. The van der Waals surface area contributed by atoms with E-state index in [1.807, 2.05) is 36.4 Å². The number of alkyl halides is 6. The minimum Gasteiger partial charge on any atom is -0.423 e. The number of nitrogens with one attached hydrogen (secondary N) is 3. The Kier molecular flexibility index (Phi) is 15.3. The van der Waals surface area contributed by atoms with Gasteiger partial charge < -0.3 is 28.7 Å². The minimum atomic E-state index is -4.46. The highest BCUT2D eigenvalue weighted by Gasteiger charge is 2.41. The fraction of sp³-hybridized carbons (Fsp3) is 0.185. The molecule has 0 unspecified atom stereocenters. The molecule has 0 aliphatic carbocycles. The summed E-state index contributed by atoms with van der Waals surface area (Å²) < 4.78 is 94.2. The summed E-state index contributed by atoms with van der Waals surface area (Å²) in [5, 5.41) is 8.52. The van der Waals surface area contributed by atoms with Crippen LogP contribution in [-0.4, -0.2) is 70.3 Å². The highest BCUT2D eigenvalue weighted by Crippen LogP contribution is 2.42. The molecule has 2 fully saturated rings. The van der Waals surface area contributed by atoms with Gasteiger partial charge in [0.1, 0.15) is 16.8 Å². The van der Waals surface area contributed by atoms with Crippen LogP contribution in [-0.2, 0) is 12.4 Å². The first-order chi connectivity index (χ1) is 36.2. The number of urea groups is 1. The third-order valence-electron chi connectivity index (χ3n) is 12.9. The molecule has 0 radical (unpaired) electrons. The van der Waals surface area contributed by atoms with E-state index in [2.05, 4.69) is 45.7 Å². The molecule has 2 atom stereocenters. The molecular formula is C54H46F6N10O5S2. The molecule has 15 nitrogen and oxygen atoms in total. The van der Waals surface area contributed by atoms with Crippen molar-refractivity contribution in [1.29, 1.82) is 0 Å². The standard InChI is InChI=1S/C24H18F3N5O2.C16H14F3N3.C14H10N2O3.2H2S/c25-24(26,27)15-5-3-4-14(12-15)17-8-9-19-21(28-17)32(16-10-11-31(19)13-16)23(33)30-22-29-18-6-1-2-7-20(18)34-22;17-16(18,19)11-3-1-2-10(8-11)13-4-5-14-15(21-13)20-12-6-7-22(14)9-12;17-14(18-10-6-2-1-3-7-10)16-13-15-11-8-4-5-9-12(11)19-13;;/h1-9,12,16H,10-11,13H2,(H,29,30,33);1-5,8,12H,6-7,9H2,(H,20,21);1-9H,(H,15,16,17);2*1H2/t16-;12-;;;/m00.../s1. The van der Waals surface area contributed by atoms with E-state index in [0.29, 0.717) is 68.9 Å². The number of fused-ring (bicyclic) bond motifs is 10. The van der Waals surface area contributed by atoms with Crippen LogP contribution in [0, 0.1) is 0 Å². The van der Waals surface area contributed by atoms with E-state index in [4.69, 9.17) is 13.6 Å². The van der Waals surface area contributed by atoms with E-state index in [9.17, 15) is 35.9 Å². The fourth-order valence-corrected chi connectivity index (χ4v) is 9.32. The molecule has 23 heteroatoms. The monoisotopic (exact) mass is 1090 g/mol. The van der Waals surface area contributed by atoms with Gasteiger partial charge in [-0.25, -0.2) is 24.9 Å². The summed E-state index contributed by atoms with van der Waals surface area (Å²) in [6, 6.07) is 40.7. The van der Waals surface area contributed by atoms with Crippen LogP contribution in [0.25, 0.3) is 44.7 Å². The first-order valence-corrected chi connectivity index (χ1v) is 23.7. The Morgan fingerprint density at radius 3 is 1.74 bits per heavy atom. The second kappa shape index (κ2) is 22.0. The van der Waals surface area contributed by atoms with Crippen LogP contribution < -0.4 is 35.4 Å². The van der Waals surface area contributed by atoms with Gasteiger partial charge in [0, 0.05) is 43.3 Å². The zero-order valence-electron chi connectivity index (χ0n) is 40.3. The predicted octanol–water partition coefficient (Wildman–Crippen LogP) is 13.0. The lowest BCUT2D eigenvalue weighted by molar-refractivity contribution is -0.138. The Balaban J connectivity index is 0.000000147. The Labute approximate surface area is 449 Å². The number of benzene rings is 5. The zero-order chi connectivity index (χ0) is 51.8. The van der Waals surface area contributed by atoms with Crippen molar-refractivity contribution >= 4 is 96.4 Å². The number of rotatable bonds is 5. The predicted molar refractivity (Wildman–Crippen MR) is 291 cm³/mol. The summed E-state index contributed by atoms with van der Waals surface area (Å²) >= 11 is 0. The maximum atomic E-state index is 13.3. The third-order valence-corrected chi connectivity index (χ3v) is 12.9. The van der Waals surface area contributed by atoms with Gasteiger partial charge in [-0.3, -0.25) is 10.2 Å². The second-order valence-corrected chi connectivity index (χ2v) is 17.8. The number of para-hydroxylation sites is 5. The van der Waals surface area contributed by atoms with Gasteiger partial charge in [-0.2, -0.15) is 63.3 Å². The van der Waals surface area contributed by atoms with E-state index in [0.717, 1.165) is 73.9 Å². The van der Waals surface area contributed by atoms with Crippen molar-refractivity contribution in [2.75, 3.05) is 56.8 Å². The first kappa shape index (κ1) is 53.4. The average Bonchev–Trinajstić information content (AvgIpc) is 4.22. The van der Waals surface area contributed by atoms with Crippen LogP contribution in [0.15, 0.2) is 160 Å². The summed E-state index contributed by atoms with van der Waals surface area (Å²) in [4.78, 5) is 48.5. The summed E-state index contributed by atoms with van der Waals surface area (Å²) in [5.74, 6) is 1.62. The van der Waals surface area contributed by atoms with Gasteiger partial charge in [-0.1, -0.05) is 66.7 Å². The number of oxazole rings is 2. The fourth-order valence-electron chi connectivity index (χ4n) is 9.32. The van der Waals surface area contributed by atoms with E-state index in [1.165, 1.54) is 12.1 Å². The van der Waals surface area contributed by atoms with Crippen LogP contribution >= 0.6 is 27.0 Å². The van der Waals surface area contributed by atoms with Gasteiger partial charge in [-0.15, -0.1) is 0 Å². The SMILES string of the molecule is FC(F)(F)c1cccc(-c2ccc3c(n2)N[C@H]2CCN3C2)c1.O=C(Nc1nc2ccccc2o1)N1c2nc(-c3cccc(C(F)(F)F)c3)ccc2N2CC[C@H]1C2.O=C(Nc1nc2ccccc2o1)Oc1ccccc1.S.S. The smallest absolute Gasteiger partial charge is 0.420 e. The molecule has 4 aromatic heterocycles. The number of carbonyl (C=O) groups is 2. The quantitative estimate of drug-likeness (QED) is 0.140. The van der Waals surface area contributed by atoms with Crippen LogP contribution in [0.1, 0.15) is 24.0 Å².